The molecule has 3 rings (SSSR count). The van der Waals surface area contributed by atoms with Crippen molar-refractivity contribution in [1.29, 1.82) is 0 Å². The monoisotopic (exact) mass is 412 g/mol. The lowest BCUT2D eigenvalue weighted by Gasteiger charge is -2.29. The highest BCUT2D eigenvalue weighted by molar-refractivity contribution is 9.10. The Balaban J connectivity index is 1.70. The average molecular weight is 413 g/mol. The Labute approximate surface area is 151 Å². The minimum absolute atomic E-state index is 0.232. The second kappa shape index (κ2) is 7.39. The summed E-state index contributed by atoms with van der Waals surface area (Å²) in [5, 5.41) is 0. The fraction of sp³-hybridized carbons (Fsp3) is 0.412. The van der Waals surface area contributed by atoms with Gasteiger partial charge >= 0.3 is 0 Å². The maximum atomic E-state index is 12.6. The van der Waals surface area contributed by atoms with Crippen LogP contribution >= 0.6 is 15.9 Å². The van der Waals surface area contributed by atoms with Gasteiger partial charge in [0.1, 0.15) is 11.5 Å². The van der Waals surface area contributed by atoms with Crippen LogP contribution in [0, 0.1) is 0 Å². The second-order valence-electron chi connectivity index (χ2n) is 6.00. The topological polar surface area (TPSA) is 53.8 Å². The summed E-state index contributed by atoms with van der Waals surface area (Å²) in [5.74, 6) is 1.37. The molecule has 1 saturated heterocycles. The third-order valence-corrected chi connectivity index (χ3v) is 6.67. The van der Waals surface area contributed by atoms with Crippen LogP contribution in [-0.2, 0) is 16.8 Å². The number of furan rings is 1. The Morgan fingerprint density at radius 3 is 2.42 bits per heavy atom. The Morgan fingerprint density at radius 2 is 1.75 bits per heavy atom. The van der Waals surface area contributed by atoms with Crippen LogP contribution in [0.15, 0.2) is 45.3 Å². The molecule has 1 aromatic carbocycles. The van der Waals surface area contributed by atoms with E-state index in [1.807, 2.05) is 36.4 Å². The number of rotatable bonds is 5. The molecule has 0 amide bonds. The van der Waals surface area contributed by atoms with Crippen molar-refractivity contribution in [1.82, 2.24) is 8.61 Å². The van der Waals surface area contributed by atoms with Crippen molar-refractivity contribution in [2.24, 2.45) is 0 Å². The van der Waals surface area contributed by atoms with E-state index in [-0.39, 0.29) is 6.54 Å². The Bertz CT molecular complexity index is 780. The number of hydrogen-bond donors (Lipinski definition) is 0. The van der Waals surface area contributed by atoms with Crippen LogP contribution in [0.1, 0.15) is 25.0 Å². The summed E-state index contributed by atoms with van der Waals surface area (Å²) in [7, 11) is -1.82. The van der Waals surface area contributed by atoms with E-state index >= 15 is 0 Å². The van der Waals surface area contributed by atoms with E-state index in [0.717, 1.165) is 35.1 Å². The molecular weight excluding hydrogens is 392 g/mol. The third kappa shape index (κ3) is 3.91. The van der Waals surface area contributed by atoms with Crippen molar-refractivity contribution < 1.29 is 12.8 Å². The molecule has 0 spiro atoms. The summed E-state index contributed by atoms with van der Waals surface area (Å²) in [4.78, 5) is 0. The largest absolute Gasteiger partial charge is 0.460 e. The molecule has 1 aliphatic heterocycles. The van der Waals surface area contributed by atoms with Crippen molar-refractivity contribution in [3.05, 3.63) is 46.6 Å². The van der Waals surface area contributed by atoms with Crippen molar-refractivity contribution in [2.75, 3.05) is 20.1 Å². The summed E-state index contributed by atoms with van der Waals surface area (Å²) in [6.07, 6.45) is 2.97. The molecule has 0 aliphatic carbocycles. The summed E-state index contributed by atoms with van der Waals surface area (Å²) in [6.45, 7) is 1.44. The van der Waals surface area contributed by atoms with Gasteiger partial charge in [-0.25, -0.2) is 0 Å². The molecule has 5 nitrogen and oxygen atoms in total. The predicted octanol–water partition coefficient (Wildman–Crippen LogP) is 3.87. The van der Waals surface area contributed by atoms with E-state index in [1.165, 1.54) is 4.31 Å². The zero-order valence-electron chi connectivity index (χ0n) is 13.6. The summed E-state index contributed by atoms with van der Waals surface area (Å²) in [6, 6.07) is 11.5. The van der Waals surface area contributed by atoms with Crippen LogP contribution in [0.5, 0.6) is 0 Å². The molecule has 1 fully saturated rings. The maximum absolute atomic E-state index is 12.6. The summed E-state index contributed by atoms with van der Waals surface area (Å²) < 4.78 is 35.0. The van der Waals surface area contributed by atoms with Gasteiger partial charge in [-0.1, -0.05) is 34.5 Å². The third-order valence-electron chi connectivity index (χ3n) is 4.20. The fourth-order valence-corrected chi connectivity index (χ4v) is 4.49. The number of nitrogens with zero attached hydrogens (tertiary/aromatic N) is 2. The SMILES string of the molecule is CN(Cc1ccc(-c2ccc(Br)cc2)o1)S(=O)(=O)N1CCCCC1. The van der Waals surface area contributed by atoms with Crippen molar-refractivity contribution in [2.45, 2.75) is 25.8 Å². The summed E-state index contributed by atoms with van der Waals surface area (Å²) >= 11 is 3.41. The molecular formula is C17H21BrN2O3S. The Kier molecular flexibility index (Phi) is 5.44. The number of piperidine rings is 1. The zero-order chi connectivity index (χ0) is 17.2. The molecule has 7 heteroatoms. The van der Waals surface area contributed by atoms with Crippen LogP contribution in [-0.4, -0.2) is 37.2 Å². The first-order chi connectivity index (χ1) is 11.5. The van der Waals surface area contributed by atoms with Gasteiger partial charge in [-0.15, -0.1) is 0 Å². The van der Waals surface area contributed by atoms with Gasteiger partial charge in [-0.2, -0.15) is 17.0 Å². The van der Waals surface area contributed by atoms with Gasteiger partial charge in [0.15, 0.2) is 0 Å². The van der Waals surface area contributed by atoms with Gasteiger partial charge in [0.05, 0.1) is 6.54 Å². The number of benzene rings is 1. The first-order valence-corrected chi connectivity index (χ1v) is 10.2. The van der Waals surface area contributed by atoms with E-state index in [2.05, 4.69) is 15.9 Å². The molecule has 0 atom stereocenters. The molecule has 2 aromatic rings. The van der Waals surface area contributed by atoms with Crippen LogP contribution in [0.4, 0.5) is 0 Å². The van der Waals surface area contributed by atoms with E-state index < -0.39 is 10.2 Å². The average Bonchev–Trinajstić information content (AvgIpc) is 3.04. The molecule has 24 heavy (non-hydrogen) atoms. The molecule has 0 bridgehead atoms. The van der Waals surface area contributed by atoms with Crippen molar-refractivity contribution in [3.63, 3.8) is 0 Å². The molecule has 1 aromatic heterocycles. The normalized spacial score (nSPS) is 16.6. The van der Waals surface area contributed by atoms with Crippen LogP contribution < -0.4 is 0 Å². The lowest BCUT2D eigenvalue weighted by molar-refractivity contribution is 0.307. The van der Waals surface area contributed by atoms with Gasteiger partial charge in [-0.3, -0.25) is 0 Å². The van der Waals surface area contributed by atoms with Crippen LogP contribution in [0.25, 0.3) is 11.3 Å². The molecule has 0 radical (unpaired) electrons. The number of halogens is 1. The lowest BCUT2D eigenvalue weighted by Crippen LogP contribution is -2.43. The lowest BCUT2D eigenvalue weighted by atomic mass is 10.2. The first kappa shape index (κ1) is 17.7. The van der Waals surface area contributed by atoms with Gasteiger partial charge in [0, 0.05) is 30.2 Å². The second-order valence-corrected chi connectivity index (χ2v) is 8.95. The highest BCUT2D eigenvalue weighted by Gasteiger charge is 2.28. The molecule has 0 unspecified atom stereocenters. The van der Waals surface area contributed by atoms with E-state index in [9.17, 15) is 8.42 Å². The highest BCUT2D eigenvalue weighted by atomic mass is 79.9. The van der Waals surface area contributed by atoms with E-state index in [1.54, 1.807) is 11.4 Å². The molecule has 130 valence electrons. The minimum atomic E-state index is -3.42. The number of hydrogen-bond acceptors (Lipinski definition) is 3. The summed E-state index contributed by atoms with van der Waals surface area (Å²) in [5.41, 5.74) is 0.964. The van der Waals surface area contributed by atoms with Gasteiger partial charge in [-0.05, 0) is 37.1 Å². The van der Waals surface area contributed by atoms with Gasteiger partial charge in [0.25, 0.3) is 10.2 Å². The molecule has 0 N–H and O–H groups in total. The van der Waals surface area contributed by atoms with Gasteiger partial charge < -0.3 is 4.42 Å². The molecule has 0 saturated carbocycles. The highest BCUT2D eigenvalue weighted by Crippen LogP contribution is 2.25. The van der Waals surface area contributed by atoms with Gasteiger partial charge in [0.2, 0.25) is 0 Å². The first-order valence-electron chi connectivity index (χ1n) is 8.03. The zero-order valence-corrected chi connectivity index (χ0v) is 16.0. The standard InChI is InChI=1S/C17H21BrN2O3S/c1-19(24(21,22)20-11-3-2-4-12-20)13-16-9-10-17(23-16)14-5-7-15(18)8-6-14/h5-10H,2-4,11-13H2,1H3. The maximum Gasteiger partial charge on any atom is 0.282 e. The molecule has 1 aliphatic rings. The Morgan fingerprint density at radius 1 is 1.08 bits per heavy atom. The predicted molar refractivity (Wildman–Crippen MR) is 97.7 cm³/mol. The Hall–Kier alpha value is -1.15. The fourth-order valence-electron chi connectivity index (χ4n) is 2.83. The minimum Gasteiger partial charge on any atom is -0.460 e. The smallest absolute Gasteiger partial charge is 0.282 e. The quantitative estimate of drug-likeness (QED) is 0.748. The van der Waals surface area contributed by atoms with Crippen molar-refractivity contribution in [3.8, 4) is 11.3 Å². The van der Waals surface area contributed by atoms with Crippen LogP contribution in [0.2, 0.25) is 0 Å². The van der Waals surface area contributed by atoms with Crippen molar-refractivity contribution >= 4 is 26.1 Å². The van der Waals surface area contributed by atoms with E-state index in [4.69, 9.17) is 4.42 Å². The van der Waals surface area contributed by atoms with Crippen LogP contribution in [0.3, 0.4) is 0 Å². The van der Waals surface area contributed by atoms with E-state index in [0.29, 0.717) is 18.8 Å². The molecule has 2 heterocycles.